The van der Waals surface area contributed by atoms with Crippen molar-refractivity contribution >= 4 is 17.1 Å². The van der Waals surface area contributed by atoms with E-state index in [4.69, 9.17) is 0 Å². The fourth-order valence-electron chi connectivity index (χ4n) is 1.10. The number of hydrogen-bond donors (Lipinski definition) is 0. The van der Waals surface area contributed by atoms with Crippen LogP contribution in [0.15, 0.2) is 6.20 Å². The maximum absolute atomic E-state index is 12.0. The lowest BCUT2D eigenvalue weighted by Gasteiger charge is -2.15. The highest BCUT2D eigenvalue weighted by atomic mass is 32.1. The van der Waals surface area contributed by atoms with Crippen molar-refractivity contribution in [2.24, 2.45) is 5.41 Å². The van der Waals surface area contributed by atoms with Gasteiger partial charge in [-0.15, -0.1) is 11.3 Å². The van der Waals surface area contributed by atoms with Gasteiger partial charge in [-0.3, -0.25) is 4.79 Å². The molecule has 0 spiro atoms. The predicted octanol–water partition coefficient (Wildman–Crippen LogP) is 3.67. The Bertz CT molecular complexity index is 366. The van der Waals surface area contributed by atoms with Crippen molar-refractivity contribution in [1.29, 1.82) is 0 Å². The van der Waals surface area contributed by atoms with Crippen molar-refractivity contribution in [2.45, 2.75) is 47.0 Å². The summed E-state index contributed by atoms with van der Waals surface area (Å²) in [5.74, 6) is 0.176. The fourth-order valence-corrected chi connectivity index (χ4v) is 2.22. The summed E-state index contributed by atoms with van der Waals surface area (Å²) in [5, 5.41) is 1.02. The third kappa shape index (κ3) is 2.88. The van der Waals surface area contributed by atoms with E-state index in [0.29, 0.717) is 0 Å². The minimum Gasteiger partial charge on any atom is -0.293 e. The van der Waals surface area contributed by atoms with Crippen LogP contribution >= 0.6 is 11.3 Å². The Morgan fingerprint density at radius 3 is 2.07 bits per heavy atom. The summed E-state index contributed by atoms with van der Waals surface area (Å²) in [6.45, 7) is 12.1. The van der Waals surface area contributed by atoms with E-state index in [1.807, 2.05) is 20.8 Å². The zero-order valence-electron chi connectivity index (χ0n) is 10.3. The zero-order chi connectivity index (χ0) is 11.9. The van der Waals surface area contributed by atoms with E-state index in [1.165, 1.54) is 11.3 Å². The highest BCUT2D eigenvalue weighted by Crippen LogP contribution is 2.30. The summed E-state index contributed by atoms with van der Waals surface area (Å²) in [6.07, 6.45) is 1.71. The lowest BCUT2D eigenvalue weighted by atomic mass is 9.90. The molecule has 0 amide bonds. The minimum absolute atomic E-state index is 0.0289. The first-order chi connectivity index (χ1) is 6.62. The summed E-state index contributed by atoms with van der Waals surface area (Å²) in [4.78, 5) is 17.1. The molecule has 0 aliphatic rings. The highest BCUT2D eigenvalue weighted by molar-refractivity contribution is 7.13. The molecule has 15 heavy (non-hydrogen) atoms. The van der Waals surface area contributed by atoms with Gasteiger partial charge in [-0.25, -0.2) is 4.98 Å². The molecule has 0 atom stereocenters. The van der Waals surface area contributed by atoms with Crippen molar-refractivity contribution in [3.63, 3.8) is 0 Å². The normalized spacial score (nSPS) is 12.9. The Morgan fingerprint density at radius 1 is 1.20 bits per heavy atom. The molecule has 0 radical (unpaired) electrons. The topological polar surface area (TPSA) is 30.0 Å². The molecule has 84 valence electrons. The summed E-state index contributed by atoms with van der Waals surface area (Å²) in [6, 6.07) is 0. The van der Waals surface area contributed by atoms with Gasteiger partial charge < -0.3 is 0 Å². The van der Waals surface area contributed by atoms with Gasteiger partial charge in [-0.1, -0.05) is 41.5 Å². The van der Waals surface area contributed by atoms with Gasteiger partial charge in [-0.05, 0) is 0 Å². The number of Topliss-reactive ketones (excluding diaryl/α,β-unsaturated/α-hetero) is 1. The van der Waals surface area contributed by atoms with Crippen molar-refractivity contribution in [2.75, 3.05) is 0 Å². The van der Waals surface area contributed by atoms with Crippen LogP contribution in [-0.2, 0) is 5.41 Å². The molecule has 1 rings (SSSR count). The van der Waals surface area contributed by atoms with Crippen LogP contribution in [0.25, 0.3) is 0 Å². The quantitative estimate of drug-likeness (QED) is 0.683. The molecule has 1 aromatic heterocycles. The fraction of sp³-hybridized carbons (Fsp3) is 0.667. The molecule has 0 saturated carbocycles. The molecule has 0 aliphatic heterocycles. The van der Waals surface area contributed by atoms with Gasteiger partial charge in [-0.2, -0.15) is 0 Å². The van der Waals surface area contributed by atoms with Gasteiger partial charge in [0.15, 0.2) is 5.78 Å². The molecule has 0 fully saturated rings. The number of aromatic nitrogens is 1. The van der Waals surface area contributed by atoms with Gasteiger partial charge in [0.25, 0.3) is 0 Å². The smallest absolute Gasteiger partial charge is 0.179 e. The number of ketones is 1. The molecule has 2 nitrogen and oxygen atoms in total. The first-order valence-corrected chi connectivity index (χ1v) is 5.95. The van der Waals surface area contributed by atoms with Gasteiger partial charge >= 0.3 is 0 Å². The summed E-state index contributed by atoms with van der Waals surface area (Å²) in [7, 11) is 0. The lowest BCUT2D eigenvalue weighted by molar-refractivity contribution is 0.0862. The van der Waals surface area contributed by atoms with Crippen LogP contribution < -0.4 is 0 Å². The largest absolute Gasteiger partial charge is 0.293 e. The van der Waals surface area contributed by atoms with Crippen molar-refractivity contribution < 1.29 is 4.79 Å². The average Bonchev–Trinajstić information content (AvgIpc) is 2.47. The van der Waals surface area contributed by atoms with E-state index in [9.17, 15) is 4.79 Å². The molecule has 0 aromatic carbocycles. The van der Waals surface area contributed by atoms with E-state index in [2.05, 4.69) is 25.8 Å². The Labute approximate surface area is 95.7 Å². The molecule has 0 N–H and O–H groups in total. The number of carbonyl (C=O) groups is 1. The predicted molar refractivity (Wildman–Crippen MR) is 64.6 cm³/mol. The second-order valence-corrected chi connectivity index (χ2v) is 6.89. The van der Waals surface area contributed by atoms with Crippen LogP contribution in [0, 0.1) is 5.41 Å². The van der Waals surface area contributed by atoms with Crippen molar-refractivity contribution in [1.82, 2.24) is 4.98 Å². The van der Waals surface area contributed by atoms with E-state index >= 15 is 0 Å². The number of hydrogen-bond acceptors (Lipinski definition) is 3. The van der Waals surface area contributed by atoms with Gasteiger partial charge in [0.2, 0.25) is 0 Å². The summed E-state index contributed by atoms with van der Waals surface area (Å²) < 4.78 is 0. The number of carbonyl (C=O) groups excluding carboxylic acids is 1. The first-order valence-electron chi connectivity index (χ1n) is 5.13. The molecule has 1 heterocycles. The molecular weight excluding hydrogens is 206 g/mol. The number of rotatable bonds is 1. The van der Waals surface area contributed by atoms with E-state index in [-0.39, 0.29) is 16.6 Å². The van der Waals surface area contributed by atoms with Crippen LogP contribution in [0.5, 0.6) is 0 Å². The number of thiazole rings is 1. The molecule has 0 unspecified atom stereocenters. The Hall–Kier alpha value is -0.700. The molecule has 1 aromatic rings. The van der Waals surface area contributed by atoms with Gasteiger partial charge in [0, 0.05) is 17.0 Å². The van der Waals surface area contributed by atoms with E-state index in [0.717, 1.165) is 9.88 Å². The second kappa shape index (κ2) is 3.71. The standard InChI is InChI=1S/C12H19NOS/c1-11(2,3)9(14)8-7-13-10(15-8)12(4,5)6/h7H,1-6H3. The monoisotopic (exact) mass is 225 g/mol. The maximum atomic E-state index is 12.0. The first kappa shape index (κ1) is 12.4. The third-order valence-electron chi connectivity index (χ3n) is 2.05. The third-order valence-corrected chi connectivity index (χ3v) is 3.47. The summed E-state index contributed by atoms with van der Waals surface area (Å²) in [5.41, 5.74) is -0.289. The van der Waals surface area contributed by atoms with Crippen molar-refractivity contribution in [3.05, 3.63) is 16.1 Å². The maximum Gasteiger partial charge on any atom is 0.179 e. The molecule has 0 saturated heterocycles. The van der Waals surface area contributed by atoms with Crippen LogP contribution in [-0.4, -0.2) is 10.8 Å². The van der Waals surface area contributed by atoms with E-state index in [1.54, 1.807) is 6.20 Å². The van der Waals surface area contributed by atoms with Crippen LogP contribution in [0.4, 0.5) is 0 Å². The highest BCUT2D eigenvalue weighted by Gasteiger charge is 2.27. The Kier molecular flexibility index (Phi) is 3.06. The molecule has 0 aliphatic carbocycles. The zero-order valence-corrected chi connectivity index (χ0v) is 11.2. The van der Waals surface area contributed by atoms with Crippen LogP contribution in [0.2, 0.25) is 0 Å². The average molecular weight is 225 g/mol. The minimum atomic E-state index is -0.318. The van der Waals surface area contributed by atoms with Gasteiger partial charge in [0.05, 0.1) is 9.88 Å². The lowest BCUT2D eigenvalue weighted by Crippen LogP contribution is -2.18. The van der Waals surface area contributed by atoms with Gasteiger partial charge in [0.1, 0.15) is 0 Å². The Morgan fingerprint density at radius 2 is 1.73 bits per heavy atom. The molecule has 0 bridgehead atoms. The SMILES string of the molecule is CC(C)(C)C(=O)c1cnc(C(C)(C)C)s1. The number of nitrogens with zero attached hydrogens (tertiary/aromatic N) is 1. The Balaban J connectivity index is 3.01. The second-order valence-electron chi connectivity index (χ2n) is 5.86. The molecule has 3 heteroatoms. The van der Waals surface area contributed by atoms with Crippen LogP contribution in [0.3, 0.4) is 0 Å². The van der Waals surface area contributed by atoms with Crippen molar-refractivity contribution in [3.8, 4) is 0 Å². The molecular formula is C12H19NOS. The van der Waals surface area contributed by atoms with Crippen LogP contribution in [0.1, 0.15) is 56.2 Å². The summed E-state index contributed by atoms with van der Waals surface area (Å²) >= 11 is 1.51. The van der Waals surface area contributed by atoms with E-state index < -0.39 is 0 Å².